The topological polar surface area (TPSA) is 63.0 Å². The number of carbonyl (C=O) groups is 1. The highest BCUT2D eigenvalue weighted by molar-refractivity contribution is 5.81. The zero-order valence-corrected chi connectivity index (χ0v) is 22.2. The molecule has 0 bridgehead atoms. The van der Waals surface area contributed by atoms with Gasteiger partial charge in [-0.1, -0.05) is 90.5 Å². The maximum atomic E-state index is 12.6. The quantitative estimate of drug-likeness (QED) is 0.130. The van der Waals surface area contributed by atoms with E-state index < -0.39 is 11.4 Å². The molecule has 0 saturated heterocycles. The fourth-order valence-electron chi connectivity index (χ4n) is 4.23. The Labute approximate surface area is 213 Å². The van der Waals surface area contributed by atoms with Crippen LogP contribution < -0.4 is 4.74 Å². The predicted octanol–water partition coefficient (Wildman–Crippen LogP) is 8.84. The van der Waals surface area contributed by atoms with E-state index in [0.717, 1.165) is 36.9 Å². The summed E-state index contributed by atoms with van der Waals surface area (Å²) in [6.45, 7) is 6.03. The van der Waals surface area contributed by atoms with Crippen LogP contribution >= 0.6 is 0 Å². The van der Waals surface area contributed by atoms with Gasteiger partial charge in [-0.2, -0.15) is 5.26 Å². The number of nitriles is 1. The van der Waals surface area contributed by atoms with Crippen LogP contribution in [0.1, 0.15) is 110 Å². The van der Waals surface area contributed by atoms with Gasteiger partial charge in [0.15, 0.2) is 5.41 Å². The Kier molecular flexibility index (Phi) is 13.1. The number of aryl methyl sites for hydroxylation is 1. The number of unbranched alkanes of at least 4 members (excludes halogenated alkanes) is 10. The van der Waals surface area contributed by atoms with Crippen LogP contribution in [0.4, 0.5) is 0 Å². The van der Waals surface area contributed by atoms with Crippen molar-refractivity contribution in [3.05, 3.63) is 48.2 Å². The summed E-state index contributed by atoms with van der Waals surface area (Å²) in [6, 6.07) is 13.7. The van der Waals surface area contributed by atoms with Crippen molar-refractivity contribution >= 4 is 5.97 Å². The van der Waals surface area contributed by atoms with E-state index in [1.165, 1.54) is 63.4 Å². The Morgan fingerprint density at radius 1 is 0.857 bits per heavy atom. The summed E-state index contributed by atoms with van der Waals surface area (Å²) in [6.07, 6.45) is 18.5. The minimum Gasteiger partial charge on any atom is -0.425 e. The Morgan fingerprint density at radius 2 is 1.46 bits per heavy atom. The Hall–Kier alpha value is -2.67. The van der Waals surface area contributed by atoms with Gasteiger partial charge >= 0.3 is 5.97 Å². The molecule has 1 unspecified atom stereocenters. The number of nitrogens with zero attached hydrogens (tertiary/aromatic N) is 2. The number of rotatable bonds is 17. The second-order valence-corrected chi connectivity index (χ2v) is 9.95. The van der Waals surface area contributed by atoms with E-state index >= 15 is 0 Å². The van der Waals surface area contributed by atoms with Crippen LogP contribution in [0.3, 0.4) is 0 Å². The summed E-state index contributed by atoms with van der Waals surface area (Å²) in [4.78, 5) is 17.2. The number of aromatic nitrogens is 1. The van der Waals surface area contributed by atoms with Gasteiger partial charge in [-0.3, -0.25) is 4.98 Å². The number of hydrogen-bond acceptors (Lipinski definition) is 4. The number of esters is 1. The molecule has 0 radical (unpaired) electrons. The van der Waals surface area contributed by atoms with E-state index in [4.69, 9.17) is 4.74 Å². The third kappa shape index (κ3) is 10.2. The fourth-order valence-corrected chi connectivity index (χ4v) is 4.23. The lowest BCUT2D eigenvalue weighted by Gasteiger charge is -2.19. The van der Waals surface area contributed by atoms with Gasteiger partial charge in [0.2, 0.25) is 0 Å². The third-order valence-corrected chi connectivity index (χ3v) is 6.73. The number of hydrogen-bond donors (Lipinski definition) is 0. The molecule has 1 atom stereocenters. The zero-order valence-electron chi connectivity index (χ0n) is 22.2. The summed E-state index contributed by atoms with van der Waals surface area (Å²) in [5, 5.41) is 9.52. The van der Waals surface area contributed by atoms with Gasteiger partial charge in [0, 0.05) is 11.8 Å². The van der Waals surface area contributed by atoms with Crippen LogP contribution in [0, 0.1) is 16.7 Å². The van der Waals surface area contributed by atoms with Crippen LogP contribution in [0.15, 0.2) is 42.6 Å². The number of carbonyl (C=O) groups excluding carboxylic acids is 1. The van der Waals surface area contributed by atoms with E-state index in [0.29, 0.717) is 12.2 Å². The Balaban J connectivity index is 1.78. The van der Waals surface area contributed by atoms with Crippen molar-refractivity contribution < 1.29 is 9.53 Å². The summed E-state index contributed by atoms with van der Waals surface area (Å²) in [7, 11) is 0. The Bertz CT molecular complexity index is 899. The van der Waals surface area contributed by atoms with E-state index in [2.05, 4.69) is 37.0 Å². The fraction of sp³-hybridized carbons (Fsp3) is 0.581. The van der Waals surface area contributed by atoms with Gasteiger partial charge in [0.1, 0.15) is 5.75 Å². The second kappa shape index (κ2) is 16.1. The first kappa shape index (κ1) is 28.6. The summed E-state index contributed by atoms with van der Waals surface area (Å²) in [5.41, 5.74) is 2.05. The van der Waals surface area contributed by atoms with Crippen molar-refractivity contribution in [2.24, 2.45) is 5.41 Å². The van der Waals surface area contributed by atoms with Crippen LogP contribution in [-0.4, -0.2) is 11.0 Å². The summed E-state index contributed by atoms with van der Waals surface area (Å²) >= 11 is 0. The Morgan fingerprint density at radius 3 is 2.03 bits per heavy atom. The zero-order chi connectivity index (χ0) is 25.4. The number of ether oxygens (including phenoxy) is 1. The molecule has 190 valence electrons. The molecule has 35 heavy (non-hydrogen) atoms. The average Bonchev–Trinajstić information content (AvgIpc) is 2.88. The third-order valence-electron chi connectivity index (χ3n) is 6.73. The minimum atomic E-state index is -1.11. The molecule has 0 aliphatic rings. The summed E-state index contributed by atoms with van der Waals surface area (Å²) in [5.74, 6) is -0.0273. The molecular weight excluding hydrogens is 432 g/mol. The maximum absolute atomic E-state index is 12.6. The first-order valence-electron chi connectivity index (χ1n) is 13.7. The van der Waals surface area contributed by atoms with Gasteiger partial charge in [-0.15, -0.1) is 0 Å². The SMILES string of the molecule is CCCCCCCCCCCc1ccc(-c2ccc(OC(=O)C(C)(C#N)CCCCC)cc2)nc1. The van der Waals surface area contributed by atoms with Gasteiger partial charge in [0.05, 0.1) is 11.8 Å². The van der Waals surface area contributed by atoms with Crippen molar-refractivity contribution in [3.63, 3.8) is 0 Å². The maximum Gasteiger partial charge on any atom is 0.331 e. The monoisotopic (exact) mass is 476 g/mol. The molecule has 2 rings (SSSR count). The lowest BCUT2D eigenvalue weighted by atomic mass is 9.86. The van der Waals surface area contributed by atoms with Gasteiger partial charge in [-0.05, 0) is 62.1 Å². The van der Waals surface area contributed by atoms with Gasteiger partial charge in [-0.25, -0.2) is 4.79 Å². The summed E-state index contributed by atoms with van der Waals surface area (Å²) < 4.78 is 5.53. The standard InChI is InChI=1S/C31H44N2O2/c1-4-6-8-9-10-11-12-13-14-16-26-17-22-29(33-24-26)27-18-20-28(21-19-27)35-30(34)31(3,25-32)23-15-7-5-2/h17-22,24H,4-16,23H2,1-3H3. The number of pyridine rings is 1. The molecule has 0 spiro atoms. The molecule has 4 heteroatoms. The first-order chi connectivity index (χ1) is 17.0. The lowest BCUT2D eigenvalue weighted by molar-refractivity contribution is -0.142. The largest absolute Gasteiger partial charge is 0.425 e. The molecule has 0 fully saturated rings. The van der Waals surface area contributed by atoms with E-state index in [-0.39, 0.29) is 0 Å². The molecule has 1 aromatic carbocycles. The average molecular weight is 477 g/mol. The van der Waals surface area contributed by atoms with E-state index in [1.54, 1.807) is 19.1 Å². The lowest BCUT2D eigenvalue weighted by Crippen LogP contribution is -2.30. The minimum absolute atomic E-state index is 0.456. The molecular formula is C31H44N2O2. The molecule has 4 nitrogen and oxygen atoms in total. The molecule has 2 aromatic rings. The van der Waals surface area contributed by atoms with Crippen molar-refractivity contribution in [2.45, 2.75) is 111 Å². The molecule has 1 aromatic heterocycles. The molecule has 0 aliphatic carbocycles. The first-order valence-corrected chi connectivity index (χ1v) is 13.7. The second-order valence-electron chi connectivity index (χ2n) is 9.95. The van der Waals surface area contributed by atoms with Crippen LogP contribution in [0.2, 0.25) is 0 Å². The predicted molar refractivity (Wildman–Crippen MR) is 144 cm³/mol. The number of benzene rings is 1. The van der Waals surface area contributed by atoms with Crippen LogP contribution in [0.5, 0.6) is 5.75 Å². The molecule has 1 heterocycles. The molecule has 0 aliphatic heterocycles. The van der Waals surface area contributed by atoms with Crippen LogP contribution in [0.25, 0.3) is 11.3 Å². The normalized spacial score (nSPS) is 12.6. The van der Waals surface area contributed by atoms with Gasteiger partial charge in [0.25, 0.3) is 0 Å². The highest BCUT2D eigenvalue weighted by atomic mass is 16.5. The molecule has 0 N–H and O–H groups in total. The van der Waals surface area contributed by atoms with Crippen molar-refractivity contribution in [1.29, 1.82) is 5.26 Å². The van der Waals surface area contributed by atoms with Crippen molar-refractivity contribution in [3.8, 4) is 23.1 Å². The smallest absolute Gasteiger partial charge is 0.331 e. The van der Waals surface area contributed by atoms with E-state index in [9.17, 15) is 10.1 Å². The highest BCUT2D eigenvalue weighted by Crippen LogP contribution is 2.28. The van der Waals surface area contributed by atoms with Gasteiger partial charge < -0.3 is 4.74 Å². The van der Waals surface area contributed by atoms with E-state index in [1.807, 2.05) is 18.3 Å². The highest BCUT2D eigenvalue weighted by Gasteiger charge is 2.35. The molecule has 0 amide bonds. The van der Waals surface area contributed by atoms with Crippen molar-refractivity contribution in [2.75, 3.05) is 0 Å². The molecule has 0 saturated carbocycles. The van der Waals surface area contributed by atoms with Crippen LogP contribution in [-0.2, 0) is 11.2 Å². The van der Waals surface area contributed by atoms with Crippen molar-refractivity contribution in [1.82, 2.24) is 4.98 Å².